The number of ketones is 1. The number of carbonyl (C=O) groups is 1. The molecule has 0 bridgehead atoms. The quantitative estimate of drug-likeness (QED) is 0.839. The van der Waals surface area contributed by atoms with Crippen molar-refractivity contribution < 1.29 is 4.79 Å². The Morgan fingerprint density at radius 1 is 1.10 bits per heavy atom. The monoisotopic (exact) mass is 284 g/mol. The normalized spacial score (nSPS) is 11.0. The van der Waals surface area contributed by atoms with E-state index in [1.165, 1.54) is 0 Å². The largest absolute Gasteiger partial charge is 0.365 e. The number of Topliss-reactive ketones (excluding diaryl/α,β-unsaturated/α-hetero) is 1. The molecule has 0 spiro atoms. The Morgan fingerprint density at radius 2 is 1.76 bits per heavy atom. The summed E-state index contributed by atoms with van der Waals surface area (Å²) in [6.45, 7) is 7.77. The molecule has 21 heavy (non-hydrogen) atoms. The molecule has 5 heteroatoms. The zero-order valence-corrected chi connectivity index (χ0v) is 12.8. The molecular formula is C16H20N4O. The number of nitrogens with zero attached hydrogens (tertiary/aromatic N) is 2. The van der Waals surface area contributed by atoms with Gasteiger partial charge in [-0.2, -0.15) is 4.98 Å². The van der Waals surface area contributed by atoms with Gasteiger partial charge in [-0.1, -0.05) is 0 Å². The van der Waals surface area contributed by atoms with Gasteiger partial charge in [0.2, 0.25) is 5.95 Å². The molecule has 2 aromatic rings. The van der Waals surface area contributed by atoms with Gasteiger partial charge in [-0.05, 0) is 58.0 Å². The minimum absolute atomic E-state index is 0.0502. The molecule has 1 aromatic carbocycles. The van der Waals surface area contributed by atoms with E-state index < -0.39 is 0 Å². The topological polar surface area (TPSA) is 66.9 Å². The fourth-order valence-electron chi connectivity index (χ4n) is 1.79. The minimum atomic E-state index is -0.0608. The fraction of sp³-hybridized carbons (Fsp3) is 0.312. The molecular weight excluding hydrogens is 264 g/mol. The van der Waals surface area contributed by atoms with E-state index in [0.717, 1.165) is 11.5 Å². The number of aromatic nitrogens is 2. The van der Waals surface area contributed by atoms with Crippen molar-refractivity contribution in [2.24, 2.45) is 0 Å². The van der Waals surface area contributed by atoms with Crippen molar-refractivity contribution in [1.82, 2.24) is 9.97 Å². The zero-order valence-electron chi connectivity index (χ0n) is 12.8. The Kier molecular flexibility index (Phi) is 4.21. The molecule has 0 amide bonds. The van der Waals surface area contributed by atoms with E-state index in [1.54, 1.807) is 25.3 Å². The van der Waals surface area contributed by atoms with Crippen LogP contribution in [-0.4, -0.2) is 21.3 Å². The average molecular weight is 284 g/mol. The molecule has 5 nitrogen and oxygen atoms in total. The van der Waals surface area contributed by atoms with E-state index in [-0.39, 0.29) is 11.3 Å². The highest BCUT2D eigenvalue weighted by molar-refractivity contribution is 5.94. The van der Waals surface area contributed by atoms with E-state index in [1.807, 2.05) is 18.2 Å². The van der Waals surface area contributed by atoms with Crippen molar-refractivity contribution in [3.63, 3.8) is 0 Å². The van der Waals surface area contributed by atoms with Crippen LogP contribution in [0.4, 0.5) is 17.5 Å². The van der Waals surface area contributed by atoms with E-state index in [4.69, 9.17) is 0 Å². The standard InChI is InChI=1S/C16H20N4O/c1-11(21)12-5-7-13(8-6-12)18-15-17-10-9-14(19-15)20-16(2,3)4/h5-10H,1-4H3,(H2,17,18,19,20). The summed E-state index contributed by atoms with van der Waals surface area (Å²) in [5.74, 6) is 1.33. The number of rotatable bonds is 4. The van der Waals surface area contributed by atoms with Crippen LogP contribution < -0.4 is 10.6 Å². The highest BCUT2D eigenvalue weighted by Gasteiger charge is 2.10. The second-order valence-electron chi connectivity index (χ2n) is 5.90. The molecule has 1 heterocycles. The number of hydrogen-bond donors (Lipinski definition) is 2. The van der Waals surface area contributed by atoms with Crippen molar-refractivity contribution >= 4 is 23.2 Å². The van der Waals surface area contributed by atoms with Crippen LogP contribution in [0.15, 0.2) is 36.5 Å². The van der Waals surface area contributed by atoms with Crippen molar-refractivity contribution in [2.75, 3.05) is 10.6 Å². The Morgan fingerprint density at radius 3 is 2.33 bits per heavy atom. The summed E-state index contributed by atoms with van der Waals surface area (Å²) in [7, 11) is 0. The van der Waals surface area contributed by atoms with Gasteiger partial charge >= 0.3 is 0 Å². The molecule has 0 saturated carbocycles. The van der Waals surface area contributed by atoms with Crippen LogP contribution in [0.2, 0.25) is 0 Å². The molecule has 0 atom stereocenters. The lowest BCUT2D eigenvalue weighted by molar-refractivity contribution is 0.101. The van der Waals surface area contributed by atoms with Gasteiger partial charge in [0.15, 0.2) is 5.78 Å². The van der Waals surface area contributed by atoms with E-state index in [9.17, 15) is 4.79 Å². The fourth-order valence-corrected chi connectivity index (χ4v) is 1.79. The van der Waals surface area contributed by atoms with Crippen LogP contribution >= 0.6 is 0 Å². The second-order valence-corrected chi connectivity index (χ2v) is 5.90. The average Bonchev–Trinajstić information content (AvgIpc) is 2.37. The van der Waals surface area contributed by atoms with Gasteiger partial charge in [0.25, 0.3) is 0 Å². The molecule has 0 fully saturated rings. The Hall–Kier alpha value is -2.43. The van der Waals surface area contributed by atoms with Gasteiger partial charge in [0.05, 0.1) is 0 Å². The maximum atomic E-state index is 11.2. The van der Waals surface area contributed by atoms with E-state index >= 15 is 0 Å². The summed E-state index contributed by atoms with van der Waals surface area (Å²) in [6, 6.07) is 9.06. The van der Waals surface area contributed by atoms with Gasteiger partial charge in [0.1, 0.15) is 5.82 Å². The summed E-state index contributed by atoms with van der Waals surface area (Å²) in [6.07, 6.45) is 1.70. The lowest BCUT2D eigenvalue weighted by Gasteiger charge is -2.21. The molecule has 2 N–H and O–H groups in total. The van der Waals surface area contributed by atoms with Crippen LogP contribution in [0.1, 0.15) is 38.1 Å². The third-order valence-corrected chi connectivity index (χ3v) is 2.71. The first kappa shape index (κ1) is 15.0. The van der Waals surface area contributed by atoms with Crippen LogP contribution in [0.5, 0.6) is 0 Å². The Labute approximate surface area is 124 Å². The molecule has 0 aliphatic rings. The summed E-state index contributed by atoms with van der Waals surface area (Å²) in [5, 5.41) is 6.42. The summed E-state index contributed by atoms with van der Waals surface area (Å²) in [4.78, 5) is 19.8. The van der Waals surface area contributed by atoms with Crippen molar-refractivity contribution in [2.45, 2.75) is 33.2 Å². The maximum absolute atomic E-state index is 11.2. The molecule has 0 unspecified atom stereocenters. The van der Waals surface area contributed by atoms with E-state index in [2.05, 4.69) is 41.4 Å². The molecule has 0 saturated heterocycles. The Bertz CT molecular complexity index is 629. The molecule has 2 rings (SSSR count). The molecule has 0 aliphatic heterocycles. The van der Waals surface area contributed by atoms with Crippen LogP contribution in [0.3, 0.4) is 0 Å². The highest BCUT2D eigenvalue weighted by atomic mass is 16.1. The lowest BCUT2D eigenvalue weighted by Crippen LogP contribution is -2.26. The first-order valence-corrected chi connectivity index (χ1v) is 6.83. The van der Waals surface area contributed by atoms with Crippen LogP contribution in [-0.2, 0) is 0 Å². The number of benzene rings is 1. The minimum Gasteiger partial charge on any atom is -0.365 e. The van der Waals surface area contributed by atoms with Gasteiger partial charge in [-0.25, -0.2) is 4.98 Å². The van der Waals surface area contributed by atoms with E-state index in [0.29, 0.717) is 11.5 Å². The molecule has 0 radical (unpaired) electrons. The third kappa shape index (κ3) is 4.56. The second kappa shape index (κ2) is 5.91. The number of nitrogens with one attached hydrogen (secondary N) is 2. The first-order valence-electron chi connectivity index (χ1n) is 6.83. The summed E-state index contributed by atoms with van der Waals surface area (Å²) < 4.78 is 0. The van der Waals surface area contributed by atoms with Gasteiger partial charge in [0, 0.05) is 23.0 Å². The smallest absolute Gasteiger partial charge is 0.229 e. The van der Waals surface area contributed by atoms with Gasteiger partial charge < -0.3 is 10.6 Å². The highest BCUT2D eigenvalue weighted by Crippen LogP contribution is 2.17. The van der Waals surface area contributed by atoms with Crippen LogP contribution in [0, 0.1) is 0 Å². The third-order valence-electron chi connectivity index (χ3n) is 2.71. The number of hydrogen-bond acceptors (Lipinski definition) is 5. The van der Waals surface area contributed by atoms with Crippen molar-refractivity contribution in [3.8, 4) is 0 Å². The summed E-state index contributed by atoms with van der Waals surface area (Å²) in [5.41, 5.74) is 1.46. The Balaban J connectivity index is 2.12. The van der Waals surface area contributed by atoms with Gasteiger partial charge in [-0.3, -0.25) is 4.79 Å². The van der Waals surface area contributed by atoms with Crippen molar-refractivity contribution in [1.29, 1.82) is 0 Å². The zero-order chi connectivity index (χ0) is 15.5. The summed E-state index contributed by atoms with van der Waals surface area (Å²) >= 11 is 0. The van der Waals surface area contributed by atoms with Crippen LogP contribution in [0.25, 0.3) is 0 Å². The molecule has 110 valence electrons. The predicted octanol–water partition coefficient (Wildman–Crippen LogP) is 3.63. The first-order chi connectivity index (χ1) is 9.83. The van der Waals surface area contributed by atoms with Crippen molar-refractivity contribution in [3.05, 3.63) is 42.1 Å². The lowest BCUT2D eigenvalue weighted by atomic mass is 10.1. The predicted molar refractivity (Wildman–Crippen MR) is 85.1 cm³/mol. The molecule has 1 aromatic heterocycles. The van der Waals surface area contributed by atoms with Gasteiger partial charge in [-0.15, -0.1) is 0 Å². The molecule has 0 aliphatic carbocycles. The SMILES string of the molecule is CC(=O)c1ccc(Nc2nccc(NC(C)(C)C)n2)cc1. The number of anilines is 3. The number of carbonyl (C=O) groups excluding carboxylic acids is 1. The maximum Gasteiger partial charge on any atom is 0.229 e.